The van der Waals surface area contributed by atoms with E-state index in [-0.39, 0.29) is 0 Å². The molecule has 4 aromatic heterocycles. The van der Waals surface area contributed by atoms with Gasteiger partial charge in [0.25, 0.3) is 0 Å². The minimum absolute atomic E-state index is 0.726. The van der Waals surface area contributed by atoms with Gasteiger partial charge in [0, 0.05) is 32.7 Å². The van der Waals surface area contributed by atoms with E-state index < -0.39 is 0 Å². The van der Waals surface area contributed by atoms with Crippen LogP contribution in [0.25, 0.3) is 93.9 Å². The van der Waals surface area contributed by atoms with Crippen molar-refractivity contribution in [1.82, 2.24) is 19.4 Å². The zero-order chi connectivity index (χ0) is 28.8. The lowest BCUT2D eigenvalue weighted by molar-refractivity contribution is 0.605. The second kappa shape index (κ2) is 8.72. The predicted octanol–water partition coefficient (Wildman–Crippen LogP) is 9.92. The fraction of sp³-hybridized carbons (Fsp3) is 0. The summed E-state index contributed by atoms with van der Waals surface area (Å²) in [7, 11) is 0. The van der Waals surface area contributed by atoms with E-state index in [1.54, 1.807) is 6.39 Å². The van der Waals surface area contributed by atoms with Crippen LogP contribution in [0, 0.1) is 0 Å². The van der Waals surface area contributed by atoms with Gasteiger partial charge in [-0.25, -0.2) is 15.0 Å². The Hall–Kier alpha value is -6.07. The highest BCUT2D eigenvalue weighted by Gasteiger charge is 2.22. The van der Waals surface area contributed by atoms with Crippen molar-refractivity contribution >= 4 is 60.1 Å². The molecular formula is C39H22N4O. The van der Waals surface area contributed by atoms with E-state index in [1.807, 2.05) is 30.3 Å². The Morgan fingerprint density at radius 2 is 1.25 bits per heavy atom. The van der Waals surface area contributed by atoms with Crippen LogP contribution in [-0.4, -0.2) is 19.4 Å². The molecule has 0 aliphatic carbocycles. The zero-order valence-corrected chi connectivity index (χ0v) is 23.4. The van der Waals surface area contributed by atoms with E-state index in [0.717, 1.165) is 61.2 Å². The molecule has 204 valence electrons. The normalized spacial score (nSPS) is 12.1. The van der Waals surface area contributed by atoms with Gasteiger partial charge in [0.05, 0.1) is 33.1 Å². The summed E-state index contributed by atoms with van der Waals surface area (Å²) >= 11 is 0. The summed E-state index contributed by atoms with van der Waals surface area (Å²) in [5.74, 6) is 0.726. The summed E-state index contributed by atoms with van der Waals surface area (Å²) in [6, 6.07) is 44.6. The molecule has 0 saturated carbocycles. The first-order chi connectivity index (χ1) is 21.8. The lowest BCUT2D eigenvalue weighted by Crippen LogP contribution is -1.95. The standard InChI is InChI=1S/C39H22N4O/c1-2-9-23(10-3-1)39-41-31-15-6-4-13-27(31)36(42-39)26-12-8-11-24(19-26)25-17-18-34-29(20-25)30-21-32-38(44-22-40-32)35-28-14-5-7-16-33(28)43(34)37(30)35/h1-22H. The van der Waals surface area contributed by atoms with E-state index in [0.29, 0.717) is 0 Å². The van der Waals surface area contributed by atoms with Crippen LogP contribution in [0.4, 0.5) is 0 Å². The Bertz CT molecular complexity index is 2720. The van der Waals surface area contributed by atoms with Gasteiger partial charge in [-0.05, 0) is 47.5 Å². The van der Waals surface area contributed by atoms with Crippen LogP contribution >= 0.6 is 0 Å². The second-order valence-electron chi connectivity index (χ2n) is 11.3. The van der Waals surface area contributed by atoms with Crippen LogP contribution in [0.5, 0.6) is 0 Å². The summed E-state index contributed by atoms with van der Waals surface area (Å²) < 4.78 is 8.29. The molecule has 0 radical (unpaired) electrons. The van der Waals surface area contributed by atoms with Gasteiger partial charge in [-0.1, -0.05) is 91.0 Å². The summed E-state index contributed by atoms with van der Waals surface area (Å²) in [6.45, 7) is 0. The Labute approximate surface area is 251 Å². The lowest BCUT2D eigenvalue weighted by atomic mass is 9.98. The molecule has 0 spiro atoms. The number of para-hydroxylation sites is 2. The average molecular weight is 563 g/mol. The maximum Gasteiger partial charge on any atom is 0.182 e. The second-order valence-corrected chi connectivity index (χ2v) is 11.3. The number of hydrogen-bond donors (Lipinski definition) is 0. The minimum atomic E-state index is 0.726. The molecule has 6 aromatic carbocycles. The molecule has 44 heavy (non-hydrogen) atoms. The number of rotatable bonds is 3. The molecule has 0 saturated heterocycles. The van der Waals surface area contributed by atoms with Gasteiger partial charge < -0.3 is 8.82 Å². The third-order valence-corrected chi connectivity index (χ3v) is 8.87. The van der Waals surface area contributed by atoms with Crippen LogP contribution in [-0.2, 0) is 0 Å². The number of benzene rings is 6. The number of aromatic nitrogens is 4. The van der Waals surface area contributed by atoms with Gasteiger partial charge in [-0.15, -0.1) is 0 Å². The van der Waals surface area contributed by atoms with E-state index in [1.165, 1.54) is 32.7 Å². The monoisotopic (exact) mass is 562 g/mol. The third kappa shape index (κ3) is 3.21. The van der Waals surface area contributed by atoms with Crippen molar-refractivity contribution in [2.24, 2.45) is 0 Å². The van der Waals surface area contributed by atoms with Gasteiger partial charge in [-0.3, -0.25) is 0 Å². The molecule has 0 unspecified atom stereocenters. The molecule has 5 nitrogen and oxygen atoms in total. The first kappa shape index (κ1) is 23.5. The molecule has 0 aliphatic rings. The van der Waals surface area contributed by atoms with Gasteiger partial charge in [0.15, 0.2) is 17.8 Å². The van der Waals surface area contributed by atoms with Gasteiger partial charge in [-0.2, -0.15) is 0 Å². The van der Waals surface area contributed by atoms with E-state index in [2.05, 4.69) is 106 Å². The topological polar surface area (TPSA) is 56.2 Å². The highest BCUT2D eigenvalue weighted by molar-refractivity contribution is 6.30. The highest BCUT2D eigenvalue weighted by Crippen LogP contribution is 2.43. The summed E-state index contributed by atoms with van der Waals surface area (Å²) in [5, 5.41) is 5.71. The van der Waals surface area contributed by atoms with E-state index in [9.17, 15) is 0 Å². The smallest absolute Gasteiger partial charge is 0.182 e. The number of nitrogens with zero attached hydrogens (tertiary/aromatic N) is 4. The van der Waals surface area contributed by atoms with Crippen LogP contribution in [0.1, 0.15) is 0 Å². The first-order valence-corrected chi connectivity index (χ1v) is 14.7. The predicted molar refractivity (Wildman–Crippen MR) is 178 cm³/mol. The van der Waals surface area contributed by atoms with Crippen molar-refractivity contribution in [3.63, 3.8) is 0 Å². The quantitative estimate of drug-likeness (QED) is 0.215. The van der Waals surface area contributed by atoms with E-state index >= 15 is 0 Å². The van der Waals surface area contributed by atoms with Crippen LogP contribution in [0.3, 0.4) is 0 Å². The van der Waals surface area contributed by atoms with Crippen molar-refractivity contribution in [1.29, 1.82) is 0 Å². The number of fused-ring (bicyclic) bond motifs is 9. The molecule has 10 aromatic rings. The first-order valence-electron chi connectivity index (χ1n) is 14.7. The summed E-state index contributed by atoms with van der Waals surface area (Å²) in [4.78, 5) is 14.6. The lowest BCUT2D eigenvalue weighted by Gasteiger charge is -2.11. The van der Waals surface area contributed by atoms with Crippen LogP contribution in [0.15, 0.2) is 138 Å². The molecule has 0 fully saturated rings. The Morgan fingerprint density at radius 1 is 0.500 bits per heavy atom. The van der Waals surface area contributed by atoms with Crippen LogP contribution in [0.2, 0.25) is 0 Å². The van der Waals surface area contributed by atoms with Gasteiger partial charge >= 0.3 is 0 Å². The van der Waals surface area contributed by atoms with Crippen molar-refractivity contribution in [2.75, 3.05) is 0 Å². The number of hydrogen-bond acceptors (Lipinski definition) is 4. The van der Waals surface area contributed by atoms with Crippen molar-refractivity contribution in [3.05, 3.63) is 134 Å². The van der Waals surface area contributed by atoms with Gasteiger partial charge in [0.2, 0.25) is 0 Å². The molecule has 4 heterocycles. The molecule has 0 N–H and O–H groups in total. The highest BCUT2D eigenvalue weighted by atomic mass is 16.3. The summed E-state index contributed by atoms with van der Waals surface area (Å²) in [6.07, 6.45) is 1.55. The molecule has 0 atom stereocenters. The number of oxazole rings is 1. The molecule has 10 rings (SSSR count). The average Bonchev–Trinajstić information content (AvgIpc) is 3.79. The fourth-order valence-corrected chi connectivity index (χ4v) is 6.92. The Kier molecular flexibility index (Phi) is 4.66. The van der Waals surface area contributed by atoms with Crippen molar-refractivity contribution < 1.29 is 4.42 Å². The minimum Gasteiger partial charge on any atom is -0.443 e. The molecule has 0 amide bonds. The van der Waals surface area contributed by atoms with Crippen molar-refractivity contribution in [3.8, 4) is 33.8 Å². The Balaban J connectivity index is 1.20. The summed E-state index contributed by atoms with van der Waals surface area (Å²) in [5.41, 5.74) is 11.4. The van der Waals surface area contributed by atoms with E-state index in [4.69, 9.17) is 14.4 Å². The maximum atomic E-state index is 5.91. The molecule has 0 aliphatic heterocycles. The van der Waals surface area contributed by atoms with Crippen molar-refractivity contribution in [2.45, 2.75) is 0 Å². The fourth-order valence-electron chi connectivity index (χ4n) is 6.92. The van der Waals surface area contributed by atoms with Gasteiger partial charge in [0.1, 0.15) is 5.52 Å². The molecule has 0 bridgehead atoms. The molecular weight excluding hydrogens is 540 g/mol. The third-order valence-electron chi connectivity index (χ3n) is 8.87. The molecule has 5 heteroatoms. The SMILES string of the molecule is c1ccc(-c2nc(-c3cccc(-c4ccc5c(c4)c4cc6ncoc6c6c7ccccc7n5c46)c3)c3ccccc3n2)cc1. The van der Waals surface area contributed by atoms with Crippen LogP contribution < -0.4 is 0 Å². The largest absolute Gasteiger partial charge is 0.443 e. The Morgan fingerprint density at radius 3 is 2.18 bits per heavy atom. The maximum absolute atomic E-state index is 5.91. The zero-order valence-electron chi connectivity index (χ0n) is 23.4.